The van der Waals surface area contributed by atoms with E-state index >= 15 is 0 Å². The number of rotatable bonds is 3. The topological polar surface area (TPSA) is 33.2 Å². The van der Waals surface area contributed by atoms with Crippen LogP contribution in [0.25, 0.3) is 22.4 Å². The van der Waals surface area contributed by atoms with Gasteiger partial charge in [0.2, 0.25) is 0 Å². The van der Waals surface area contributed by atoms with E-state index in [9.17, 15) is 9.18 Å². The number of aryl methyl sites for hydroxylation is 1. The summed E-state index contributed by atoms with van der Waals surface area (Å²) in [7, 11) is 0. The van der Waals surface area contributed by atoms with E-state index in [2.05, 4.69) is 0 Å². The predicted octanol–water partition coefficient (Wildman–Crippen LogP) is 6.19. The van der Waals surface area contributed by atoms with Gasteiger partial charge in [0, 0.05) is 16.7 Å². The molecule has 0 unspecified atom stereocenters. The Hall–Kier alpha value is -3.70. The maximum absolute atomic E-state index is 13.6. The molecule has 1 aromatic heterocycles. The Morgan fingerprint density at radius 2 is 1.62 bits per heavy atom. The number of carbonyl (C=O) groups excluding carboxylic acids is 1. The second-order valence-corrected chi connectivity index (χ2v) is 8.20. The molecule has 1 aliphatic heterocycles. The Labute approximate surface area is 191 Å². The first-order valence-electron chi connectivity index (χ1n) is 10.3. The van der Waals surface area contributed by atoms with Gasteiger partial charge in [0.25, 0.3) is 5.91 Å². The Morgan fingerprint density at radius 3 is 2.31 bits per heavy atom. The monoisotopic (exact) mass is 438 g/mol. The molecule has 0 saturated carbocycles. The summed E-state index contributed by atoms with van der Waals surface area (Å²) in [5, 5.41) is 0. The van der Waals surface area contributed by atoms with Crippen molar-refractivity contribution in [3.8, 4) is 22.4 Å². The SMILES string of the molecule is Cc1ccc(C(=O)N2Cc3nc(-c4ccccc4)cc(-c4ccc(F)cc4)c3C2=S)cc1. The molecule has 0 bridgehead atoms. The van der Waals surface area contributed by atoms with Crippen LogP contribution in [-0.4, -0.2) is 20.8 Å². The van der Waals surface area contributed by atoms with Crippen LogP contribution in [0.15, 0.2) is 84.9 Å². The zero-order chi connectivity index (χ0) is 22.2. The maximum Gasteiger partial charge on any atom is 0.259 e. The fraction of sp³-hybridized carbons (Fsp3) is 0.0741. The summed E-state index contributed by atoms with van der Waals surface area (Å²) in [4.78, 5) is 20.1. The Morgan fingerprint density at radius 1 is 0.938 bits per heavy atom. The van der Waals surface area contributed by atoms with Crippen LogP contribution in [0, 0.1) is 12.7 Å². The number of amides is 1. The third kappa shape index (κ3) is 3.61. The highest BCUT2D eigenvalue weighted by Crippen LogP contribution is 2.36. The molecule has 0 saturated heterocycles. The average molecular weight is 439 g/mol. The molecule has 2 heterocycles. The Bertz CT molecular complexity index is 1330. The number of pyridine rings is 1. The maximum atomic E-state index is 13.6. The smallest absolute Gasteiger partial charge is 0.259 e. The average Bonchev–Trinajstić information content (AvgIpc) is 3.16. The first-order chi connectivity index (χ1) is 15.5. The first kappa shape index (κ1) is 20.2. The van der Waals surface area contributed by atoms with Crippen LogP contribution in [0.5, 0.6) is 0 Å². The lowest BCUT2D eigenvalue weighted by Crippen LogP contribution is -2.30. The Balaban J connectivity index is 1.63. The van der Waals surface area contributed by atoms with Gasteiger partial charge in [-0.2, -0.15) is 0 Å². The van der Waals surface area contributed by atoms with Gasteiger partial charge < -0.3 is 0 Å². The molecule has 1 aliphatic rings. The van der Waals surface area contributed by atoms with Crippen molar-refractivity contribution in [1.29, 1.82) is 0 Å². The standard InChI is InChI=1S/C27H19FN2OS/c1-17-7-9-20(10-8-17)26(31)30-16-24-25(27(30)32)22(18-11-13-21(28)14-12-18)15-23(29-24)19-5-3-2-4-6-19/h2-15H,16H2,1H3. The lowest BCUT2D eigenvalue weighted by atomic mass is 9.97. The highest BCUT2D eigenvalue weighted by Gasteiger charge is 2.33. The van der Waals surface area contributed by atoms with E-state index in [0.29, 0.717) is 17.1 Å². The van der Waals surface area contributed by atoms with Crippen molar-refractivity contribution in [2.45, 2.75) is 13.5 Å². The van der Waals surface area contributed by atoms with Crippen LogP contribution in [0.3, 0.4) is 0 Å². The van der Waals surface area contributed by atoms with Crippen LogP contribution in [0.1, 0.15) is 27.2 Å². The van der Waals surface area contributed by atoms with Gasteiger partial charge in [-0.3, -0.25) is 14.7 Å². The van der Waals surface area contributed by atoms with Gasteiger partial charge in [0.1, 0.15) is 10.8 Å². The van der Waals surface area contributed by atoms with Gasteiger partial charge in [-0.05, 0) is 48.4 Å². The van der Waals surface area contributed by atoms with E-state index in [1.165, 1.54) is 12.1 Å². The summed E-state index contributed by atoms with van der Waals surface area (Å²) in [6.45, 7) is 2.28. The molecule has 3 nitrogen and oxygen atoms in total. The molecule has 0 atom stereocenters. The number of hydrogen-bond acceptors (Lipinski definition) is 3. The second-order valence-electron chi connectivity index (χ2n) is 7.81. The summed E-state index contributed by atoms with van der Waals surface area (Å²) < 4.78 is 13.6. The predicted molar refractivity (Wildman–Crippen MR) is 128 cm³/mol. The van der Waals surface area contributed by atoms with E-state index in [1.54, 1.807) is 17.0 Å². The summed E-state index contributed by atoms with van der Waals surface area (Å²) >= 11 is 5.76. The van der Waals surface area contributed by atoms with Gasteiger partial charge in [-0.25, -0.2) is 4.39 Å². The lowest BCUT2D eigenvalue weighted by molar-refractivity contribution is 0.0847. The number of hydrogen-bond donors (Lipinski definition) is 0. The fourth-order valence-electron chi connectivity index (χ4n) is 3.94. The molecular formula is C27H19FN2OS. The van der Waals surface area contributed by atoms with Gasteiger partial charge in [0.15, 0.2) is 0 Å². The van der Waals surface area contributed by atoms with Crippen molar-refractivity contribution in [1.82, 2.24) is 9.88 Å². The minimum atomic E-state index is -0.304. The molecule has 156 valence electrons. The quantitative estimate of drug-likeness (QED) is 0.357. The number of fused-ring (bicyclic) bond motifs is 1. The van der Waals surface area contributed by atoms with Gasteiger partial charge >= 0.3 is 0 Å². The number of carbonyl (C=O) groups is 1. The van der Waals surface area contributed by atoms with Crippen LogP contribution in [0.2, 0.25) is 0 Å². The Kier molecular flexibility index (Phi) is 5.11. The minimum Gasteiger partial charge on any atom is -0.292 e. The second kappa shape index (κ2) is 8.09. The van der Waals surface area contributed by atoms with Crippen LogP contribution in [-0.2, 0) is 6.54 Å². The van der Waals surface area contributed by atoms with Gasteiger partial charge in [-0.1, -0.05) is 72.4 Å². The molecule has 0 radical (unpaired) electrons. The first-order valence-corrected chi connectivity index (χ1v) is 10.7. The van der Waals surface area contributed by atoms with E-state index < -0.39 is 0 Å². The van der Waals surface area contributed by atoms with E-state index in [4.69, 9.17) is 17.2 Å². The molecule has 32 heavy (non-hydrogen) atoms. The minimum absolute atomic E-state index is 0.153. The molecule has 0 fully saturated rings. The number of nitrogens with zero attached hydrogens (tertiary/aromatic N) is 2. The normalized spacial score (nSPS) is 12.7. The largest absolute Gasteiger partial charge is 0.292 e. The molecule has 4 aromatic rings. The van der Waals surface area contributed by atoms with Crippen LogP contribution >= 0.6 is 12.2 Å². The van der Waals surface area contributed by atoms with Crippen molar-refractivity contribution in [3.63, 3.8) is 0 Å². The number of halogens is 1. The molecule has 0 aliphatic carbocycles. The lowest BCUT2D eigenvalue weighted by Gasteiger charge is -2.16. The van der Waals surface area contributed by atoms with E-state index in [0.717, 1.165) is 39.2 Å². The number of aromatic nitrogens is 1. The number of thiocarbonyl (C=S) groups is 1. The highest BCUT2D eigenvalue weighted by molar-refractivity contribution is 7.80. The third-order valence-electron chi connectivity index (χ3n) is 5.63. The van der Waals surface area contributed by atoms with Crippen LogP contribution in [0.4, 0.5) is 4.39 Å². The van der Waals surface area contributed by atoms with Crippen molar-refractivity contribution >= 4 is 23.1 Å². The van der Waals surface area contributed by atoms with Gasteiger partial charge in [-0.15, -0.1) is 0 Å². The molecule has 0 spiro atoms. The molecule has 5 rings (SSSR count). The van der Waals surface area contributed by atoms with E-state index in [-0.39, 0.29) is 11.7 Å². The summed E-state index contributed by atoms with van der Waals surface area (Å²) in [6.07, 6.45) is 0. The van der Waals surface area contributed by atoms with Crippen LogP contribution < -0.4 is 0 Å². The highest BCUT2D eigenvalue weighted by atomic mass is 32.1. The molecule has 0 N–H and O–H groups in total. The van der Waals surface area contributed by atoms with Crippen molar-refractivity contribution < 1.29 is 9.18 Å². The molecule has 3 aromatic carbocycles. The zero-order valence-corrected chi connectivity index (χ0v) is 18.2. The number of benzene rings is 3. The van der Waals surface area contributed by atoms with Crippen molar-refractivity contribution in [2.24, 2.45) is 0 Å². The van der Waals surface area contributed by atoms with Crippen molar-refractivity contribution in [3.05, 3.63) is 113 Å². The fourth-order valence-corrected chi connectivity index (χ4v) is 4.31. The molecular weight excluding hydrogens is 419 g/mol. The molecule has 5 heteroatoms. The summed E-state index contributed by atoms with van der Waals surface area (Å²) in [5.41, 5.74) is 6.60. The van der Waals surface area contributed by atoms with E-state index in [1.807, 2.05) is 67.6 Å². The zero-order valence-electron chi connectivity index (χ0n) is 17.4. The summed E-state index contributed by atoms with van der Waals surface area (Å²) in [5.74, 6) is -0.458. The third-order valence-corrected chi connectivity index (χ3v) is 6.05. The van der Waals surface area contributed by atoms with Crippen molar-refractivity contribution in [2.75, 3.05) is 0 Å². The molecule has 1 amide bonds. The van der Waals surface area contributed by atoms with Gasteiger partial charge in [0.05, 0.1) is 17.9 Å². The summed E-state index contributed by atoms with van der Waals surface area (Å²) in [6, 6.07) is 25.6.